The van der Waals surface area contributed by atoms with Gasteiger partial charge in [-0.15, -0.1) is 5.10 Å². The lowest BCUT2D eigenvalue weighted by Crippen LogP contribution is -2.23. The van der Waals surface area contributed by atoms with Crippen LogP contribution in [0.15, 0.2) is 0 Å². The predicted octanol–water partition coefficient (Wildman–Crippen LogP) is -1.62. The van der Waals surface area contributed by atoms with Crippen molar-refractivity contribution in [1.82, 2.24) is 20.2 Å². The van der Waals surface area contributed by atoms with Crippen molar-refractivity contribution >= 4 is 11.8 Å². The average Bonchev–Trinajstić information content (AvgIpc) is 2.66. The molecule has 0 radical (unpaired) electrons. The monoisotopic (exact) mass is 213 g/mol. The molecule has 15 heavy (non-hydrogen) atoms. The molecule has 0 saturated heterocycles. The molecule has 0 amide bonds. The third-order valence-corrected chi connectivity index (χ3v) is 1.54. The molecule has 0 aliphatic rings. The van der Waals surface area contributed by atoms with Crippen LogP contribution in [0.1, 0.15) is 17.5 Å². The summed E-state index contributed by atoms with van der Waals surface area (Å²) in [4.78, 5) is 22.3. The molecular weight excluding hydrogens is 202 g/mol. The molecule has 0 fully saturated rings. The Morgan fingerprint density at radius 1 is 1.53 bits per heavy atom. The number of rotatable bonds is 5. The van der Waals surface area contributed by atoms with E-state index < -0.39 is 5.97 Å². The number of tetrazole rings is 1. The van der Waals surface area contributed by atoms with Crippen molar-refractivity contribution in [2.24, 2.45) is 5.73 Å². The lowest BCUT2D eigenvalue weighted by Gasteiger charge is -2.01. The maximum Gasteiger partial charge on any atom is 0.378 e. The van der Waals surface area contributed by atoms with Gasteiger partial charge in [0.1, 0.15) is 6.54 Å². The van der Waals surface area contributed by atoms with Crippen molar-refractivity contribution in [2.45, 2.75) is 13.5 Å². The molecule has 1 aromatic heterocycles. The van der Waals surface area contributed by atoms with Crippen LogP contribution in [0.4, 0.5) is 0 Å². The molecule has 0 atom stereocenters. The van der Waals surface area contributed by atoms with Crippen LogP contribution in [-0.2, 0) is 16.1 Å². The Morgan fingerprint density at radius 3 is 2.87 bits per heavy atom. The van der Waals surface area contributed by atoms with Gasteiger partial charge in [-0.05, 0) is 17.4 Å². The van der Waals surface area contributed by atoms with E-state index in [4.69, 9.17) is 10.5 Å². The fourth-order valence-corrected chi connectivity index (χ4v) is 0.885. The average molecular weight is 213 g/mol. The zero-order valence-corrected chi connectivity index (χ0v) is 8.21. The number of hydrogen-bond donors (Lipinski definition) is 1. The molecule has 0 aliphatic heterocycles. The molecule has 0 spiro atoms. The second-order valence-corrected chi connectivity index (χ2v) is 2.62. The number of ether oxygens (including phenoxy) is 1. The fraction of sp³-hybridized carbons (Fsp3) is 0.571. The van der Waals surface area contributed by atoms with Crippen molar-refractivity contribution < 1.29 is 14.3 Å². The number of carbonyl (C=O) groups excluding carboxylic acids is 2. The number of hydrogen-bond acceptors (Lipinski definition) is 7. The van der Waals surface area contributed by atoms with Crippen LogP contribution in [-0.4, -0.2) is 45.1 Å². The third-order valence-electron chi connectivity index (χ3n) is 1.54. The number of ketones is 1. The molecule has 8 heteroatoms. The number of esters is 1. The first-order valence-corrected chi connectivity index (χ1v) is 4.34. The third kappa shape index (κ3) is 2.81. The summed E-state index contributed by atoms with van der Waals surface area (Å²) < 4.78 is 5.76. The zero-order valence-electron chi connectivity index (χ0n) is 8.21. The van der Waals surface area contributed by atoms with Gasteiger partial charge in [0.05, 0.1) is 13.2 Å². The van der Waals surface area contributed by atoms with Gasteiger partial charge in [-0.3, -0.25) is 4.79 Å². The number of nitrogens with two attached hydrogens (primary N) is 1. The first kappa shape index (κ1) is 11.2. The van der Waals surface area contributed by atoms with E-state index in [0.29, 0.717) is 0 Å². The van der Waals surface area contributed by atoms with Crippen LogP contribution in [0.3, 0.4) is 0 Å². The molecule has 1 rings (SSSR count). The minimum absolute atomic E-state index is 0.0985. The van der Waals surface area contributed by atoms with Crippen LogP contribution in [0.2, 0.25) is 0 Å². The Labute approximate surface area is 85.4 Å². The van der Waals surface area contributed by atoms with Crippen molar-refractivity contribution in [1.29, 1.82) is 0 Å². The summed E-state index contributed by atoms with van der Waals surface area (Å²) in [5, 5.41) is 10.2. The summed E-state index contributed by atoms with van der Waals surface area (Å²) in [6.45, 7) is 1.63. The van der Waals surface area contributed by atoms with Gasteiger partial charge in [0.2, 0.25) is 0 Å². The first-order chi connectivity index (χ1) is 7.19. The molecule has 0 aromatic carbocycles. The smallest absolute Gasteiger partial charge is 0.378 e. The molecule has 1 aromatic rings. The van der Waals surface area contributed by atoms with Gasteiger partial charge < -0.3 is 10.5 Å². The molecule has 2 N–H and O–H groups in total. The minimum atomic E-state index is -0.660. The van der Waals surface area contributed by atoms with Crippen molar-refractivity contribution in [3.63, 3.8) is 0 Å². The maximum absolute atomic E-state index is 11.3. The van der Waals surface area contributed by atoms with E-state index in [0.717, 1.165) is 4.68 Å². The lowest BCUT2D eigenvalue weighted by molar-refractivity contribution is -0.118. The molecule has 82 valence electrons. The van der Waals surface area contributed by atoms with Gasteiger partial charge >= 0.3 is 5.97 Å². The van der Waals surface area contributed by atoms with Gasteiger partial charge in [0, 0.05) is 0 Å². The van der Waals surface area contributed by atoms with Gasteiger partial charge in [0.15, 0.2) is 5.78 Å². The van der Waals surface area contributed by atoms with E-state index >= 15 is 0 Å². The molecule has 0 aliphatic carbocycles. The Morgan fingerprint density at radius 2 is 2.27 bits per heavy atom. The number of nitrogens with zero attached hydrogens (tertiary/aromatic N) is 4. The van der Waals surface area contributed by atoms with Crippen molar-refractivity contribution in [3.05, 3.63) is 5.82 Å². The lowest BCUT2D eigenvalue weighted by atomic mass is 10.4. The summed E-state index contributed by atoms with van der Waals surface area (Å²) in [5.41, 5.74) is 5.13. The van der Waals surface area contributed by atoms with Crippen molar-refractivity contribution in [2.75, 3.05) is 13.2 Å². The van der Waals surface area contributed by atoms with E-state index in [1.165, 1.54) is 0 Å². The van der Waals surface area contributed by atoms with Crippen LogP contribution < -0.4 is 5.73 Å². The highest BCUT2D eigenvalue weighted by Crippen LogP contribution is 1.95. The number of Topliss-reactive ketones (excluding diaryl/α,β-unsaturated/α-hetero) is 1. The second-order valence-electron chi connectivity index (χ2n) is 2.62. The van der Waals surface area contributed by atoms with Crippen LogP contribution in [0.25, 0.3) is 0 Å². The first-order valence-electron chi connectivity index (χ1n) is 4.34. The molecule has 0 unspecified atom stereocenters. The van der Waals surface area contributed by atoms with Crippen molar-refractivity contribution in [3.8, 4) is 0 Å². The summed E-state index contributed by atoms with van der Waals surface area (Å²) in [6, 6.07) is 0. The van der Waals surface area contributed by atoms with Gasteiger partial charge in [-0.2, -0.15) is 0 Å². The van der Waals surface area contributed by atoms with E-state index in [1.807, 2.05) is 0 Å². The molecule has 1 heterocycles. The topological polar surface area (TPSA) is 113 Å². The van der Waals surface area contributed by atoms with E-state index in [9.17, 15) is 9.59 Å². The standard InChI is InChI=1S/C7H11N5O3/c1-2-15-7(14)6-9-10-11-12(6)4-5(13)3-8/h2-4,8H2,1H3. The molecule has 0 bridgehead atoms. The predicted molar refractivity (Wildman–Crippen MR) is 47.8 cm³/mol. The number of aromatic nitrogens is 4. The molecular formula is C7H11N5O3. The van der Waals surface area contributed by atoms with Gasteiger partial charge in [0.25, 0.3) is 5.82 Å². The zero-order chi connectivity index (χ0) is 11.3. The van der Waals surface area contributed by atoms with E-state index in [-0.39, 0.29) is 31.3 Å². The normalized spacial score (nSPS) is 10.0. The van der Waals surface area contributed by atoms with Crippen LogP contribution >= 0.6 is 0 Å². The quantitative estimate of drug-likeness (QED) is 0.584. The van der Waals surface area contributed by atoms with E-state index in [1.54, 1.807) is 6.92 Å². The second kappa shape index (κ2) is 5.15. The largest absolute Gasteiger partial charge is 0.460 e. The SMILES string of the molecule is CCOC(=O)c1nnnn1CC(=O)CN. The van der Waals surface area contributed by atoms with E-state index in [2.05, 4.69) is 15.5 Å². The Balaban J connectivity index is 2.77. The van der Waals surface area contributed by atoms with Crippen LogP contribution in [0.5, 0.6) is 0 Å². The Bertz CT molecular complexity index is 361. The minimum Gasteiger partial charge on any atom is -0.460 e. The Hall–Kier alpha value is -1.83. The summed E-state index contributed by atoms with van der Waals surface area (Å²) in [6.07, 6.45) is 0. The molecule has 8 nitrogen and oxygen atoms in total. The van der Waals surface area contributed by atoms with Crippen LogP contribution in [0, 0.1) is 0 Å². The van der Waals surface area contributed by atoms with Gasteiger partial charge in [-0.25, -0.2) is 9.48 Å². The highest BCUT2D eigenvalue weighted by molar-refractivity contribution is 5.86. The Kier molecular flexibility index (Phi) is 3.86. The summed E-state index contributed by atoms with van der Waals surface area (Å²) in [5.74, 6) is -1.03. The molecule has 0 saturated carbocycles. The number of carbonyl (C=O) groups is 2. The highest BCUT2D eigenvalue weighted by Gasteiger charge is 2.17. The fourth-order valence-electron chi connectivity index (χ4n) is 0.885. The van der Waals surface area contributed by atoms with Gasteiger partial charge in [-0.1, -0.05) is 0 Å². The highest BCUT2D eigenvalue weighted by atomic mass is 16.5. The maximum atomic E-state index is 11.3. The summed E-state index contributed by atoms with van der Waals surface area (Å²) >= 11 is 0. The summed E-state index contributed by atoms with van der Waals surface area (Å²) in [7, 11) is 0.